The molecule has 49 heavy (non-hydrogen) atoms. The molecule has 258 valence electrons. The van der Waals surface area contributed by atoms with E-state index in [1.165, 1.54) is 25.8 Å². The van der Waals surface area contributed by atoms with Crippen LogP contribution in [0.2, 0.25) is 0 Å². The van der Waals surface area contributed by atoms with Gasteiger partial charge in [-0.1, -0.05) is 46.6 Å². The number of methoxy groups -OCH3 is 1. The highest BCUT2D eigenvalue weighted by atomic mass is 32.2. The maximum atomic E-state index is 14.1. The average Bonchev–Trinajstić information content (AvgIpc) is 3.08. The zero-order valence-electron chi connectivity index (χ0n) is 27.3. The van der Waals surface area contributed by atoms with Crippen LogP contribution in [0.1, 0.15) is 72.6 Å². The van der Waals surface area contributed by atoms with Crippen molar-refractivity contribution in [2.45, 2.75) is 91.6 Å². The molecule has 1 aliphatic heterocycles. The summed E-state index contributed by atoms with van der Waals surface area (Å²) in [5.74, 6) is -0.700. The van der Waals surface area contributed by atoms with Gasteiger partial charge in [0.25, 0.3) is 0 Å². The third-order valence-electron chi connectivity index (χ3n) is 10.4. The van der Waals surface area contributed by atoms with Gasteiger partial charge in [-0.15, -0.1) is 11.8 Å². The van der Waals surface area contributed by atoms with Gasteiger partial charge >= 0.3 is 17.9 Å². The van der Waals surface area contributed by atoms with E-state index in [0.29, 0.717) is 17.8 Å². The fraction of sp³-hybridized carbons (Fsp3) is 0.559. The lowest BCUT2D eigenvalue weighted by Crippen LogP contribution is -2.72. The van der Waals surface area contributed by atoms with Gasteiger partial charge in [0, 0.05) is 21.0 Å². The highest BCUT2D eigenvalue weighted by molar-refractivity contribution is 8.02. The molecule has 1 heterocycles. The monoisotopic (exact) mass is 689 g/mol. The first kappa shape index (κ1) is 34.6. The molecule has 2 aromatic carbocycles. The Hall–Kier alpha value is -4.26. The summed E-state index contributed by atoms with van der Waals surface area (Å²) >= 11 is 1.34. The quantitative estimate of drug-likeness (QED) is 0.0900. The number of esters is 3. The van der Waals surface area contributed by atoms with E-state index in [1.807, 2.05) is 0 Å². The standard InChI is InChI=1S/C34H39N7O7S/c1-20(46-29(42)24-9-5-3-6-10-24)27(38-40-36)28-34(35,39-41-37)26(47-30(43)25-11-7-4-8-12-25)19-33(48-28,31(44)45-2)49-32-16-21-13-22(17-32)15-23(14-21)18-32/h3-12,20-23,26-28H,13-19,35H2,1-2H3/t20-,21?,22?,23?,26+,27-,28+,32?,33-,34+/m1/s1. The topological polar surface area (TPSA) is 212 Å². The van der Waals surface area contributed by atoms with Crippen molar-refractivity contribution in [1.29, 1.82) is 0 Å². The van der Waals surface area contributed by atoms with E-state index in [4.69, 9.17) is 24.7 Å². The molecule has 6 atom stereocenters. The van der Waals surface area contributed by atoms with E-state index in [9.17, 15) is 25.4 Å². The van der Waals surface area contributed by atoms with Crippen molar-refractivity contribution in [3.8, 4) is 0 Å². The minimum Gasteiger partial charge on any atom is -0.466 e. The van der Waals surface area contributed by atoms with Gasteiger partial charge in [-0.3, -0.25) is 0 Å². The molecule has 14 nitrogen and oxygen atoms in total. The van der Waals surface area contributed by atoms with Crippen molar-refractivity contribution in [2.24, 2.45) is 33.7 Å². The van der Waals surface area contributed by atoms with Crippen LogP contribution in [0, 0.1) is 17.8 Å². The molecule has 2 N–H and O–H groups in total. The SMILES string of the molecule is COC(=O)[C@]1(SC23CC4CC(CC(C4)C2)C3)C[C@H](OC(=O)c2ccccc2)[C@](N)(N=[N+]=[N-])[C@H]([C@H](N=[N+]=[N-])[C@@H](C)OC(=O)c2ccccc2)O1. The Morgan fingerprint density at radius 2 is 1.45 bits per heavy atom. The van der Waals surface area contributed by atoms with Crippen LogP contribution in [-0.2, 0) is 23.7 Å². The Morgan fingerprint density at radius 1 is 0.898 bits per heavy atom. The number of benzene rings is 2. The lowest BCUT2D eigenvalue weighted by molar-refractivity contribution is -0.200. The molecule has 7 rings (SSSR count). The summed E-state index contributed by atoms with van der Waals surface area (Å²) in [5.41, 5.74) is 24.7. The van der Waals surface area contributed by atoms with Crippen molar-refractivity contribution in [2.75, 3.05) is 7.11 Å². The van der Waals surface area contributed by atoms with Gasteiger partial charge in [0.1, 0.15) is 18.2 Å². The van der Waals surface area contributed by atoms with Gasteiger partial charge in [-0.25, -0.2) is 14.4 Å². The van der Waals surface area contributed by atoms with E-state index in [1.54, 1.807) is 60.7 Å². The van der Waals surface area contributed by atoms with Crippen molar-refractivity contribution in [3.05, 3.63) is 92.7 Å². The molecule has 5 aliphatic rings. The van der Waals surface area contributed by atoms with Crippen LogP contribution in [0.3, 0.4) is 0 Å². The fourth-order valence-corrected chi connectivity index (χ4v) is 10.8. The van der Waals surface area contributed by atoms with Crippen molar-refractivity contribution >= 4 is 29.7 Å². The molecule has 4 saturated carbocycles. The van der Waals surface area contributed by atoms with Gasteiger partial charge in [0.2, 0.25) is 4.93 Å². The molecule has 4 bridgehead atoms. The summed E-state index contributed by atoms with van der Waals surface area (Å²) in [7, 11) is 1.24. The Morgan fingerprint density at radius 3 is 1.96 bits per heavy atom. The summed E-state index contributed by atoms with van der Waals surface area (Å²) in [6.45, 7) is 1.48. The first-order chi connectivity index (χ1) is 23.5. The minimum absolute atomic E-state index is 0.197. The van der Waals surface area contributed by atoms with Crippen LogP contribution in [0.15, 0.2) is 70.9 Å². The number of carbonyl (C=O) groups excluding carboxylic acids is 3. The summed E-state index contributed by atoms with van der Waals surface area (Å²) in [5, 5.41) is 7.83. The molecule has 0 radical (unpaired) electrons. The van der Waals surface area contributed by atoms with Crippen LogP contribution in [0.5, 0.6) is 0 Å². The maximum absolute atomic E-state index is 14.1. The smallest absolute Gasteiger partial charge is 0.349 e. The van der Waals surface area contributed by atoms with Crippen LogP contribution in [-0.4, -0.2) is 64.7 Å². The molecule has 2 aromatic rings. The molecule has 0 unspecified atom stereocenters. The van der Waals surface area contributed by atoms with Crippen molar-refractivity contribution in [1.82, 2.24) is 0 Å². The highest BCUT2D eigenvalue weighted by Gasteiger charge is 2.65. The second kappa shape index (κ2) is 13.9. The van der Waals surface area contributed by atoms with Crippen LogP contribution >= 0.6 is 11.8 Å². The predicted molar refractivity (Wildman–Crippen MR) is 179 cm³/mol. The number of nitrogens with zero attached hydrogens (tertiary/aromatic N) is 6. The molecule has 1 saturated heterocycles. The molecule has 4 aliphatic carbocycles. The van der Waals surface area contributed by atoms with Gasteiger partial charge in [0.15, 0.2) is 5.66 Å². The van der Waals surface area contributed by atoms with Crippen molar-refractivity contribution in [3.63, 3.8) is 0 Å². The average molecular weight is 690 g/mol. The minimum atomic E-state index is -2.23. The summed E-state index contributed by atoms with van der Waals surface area (Å²) in [6, 6.07) is 14.9. The number of hydrogen-bond acceptors (Lipinski definition) is 11. The Kier molecular flexibility index (Phi) is 9.83. The number of hydrogen-bond donors (Lipinski definition) is 1. The fourth-order valence-electron chi connectivity index (χ4n) is 8.63. The Bertz CT molecular complexity index is 1630. The van der Waals surface area contributed by atoms with E-state index >= 15 is 0 Å². The zero-order chi connectivity index (χ0) is 34.8. The number of thioether (sulfide) groups is 1. The molecular formula is C34H39N7O7S. The highest BCUT2D eigenvalue weighted by Crippen LogP contribution is 2.64. The van der Waals surface area contributed by atoms with Crippen LogP contribution in [0.4, 0.5) is 0 Å². The van der Waals surface area contributed by atoms with E-state index < -0.39 is 52.9 Å². The van der Waals surface area contributed by atoms with E-state index in [0.717, 1.165) is 38.5 Å². The third-order valence-corrected chi connectivity index (χ3v) is 12.1. The number of nitrogens with two attached hydrogens (primary N) is 1. The third kappa shape index (κ3) is 6.82. The Labute approximate surface area is 287 Å². The predicted octanol–water partition coefficient (Wildman–Crippen LogP) is 6.46. The van der Waals surface area contributed by atoms with Crippen LogP contribution < -0.4 is 5.73 Å². The van der Waals surface area contributed by atoms with Crippen molar-refractivity contribution < 1.29 is 33.3 Å². The number of azide groups is 2. The van der Waals surface area contributed by atoms with Gasteiger partial charge < -0.3 is 24.7 Å². The largest absolute Gasteiger partial charge is 0.466 e. The second-order valence-electron chi connectivity index (χ2n) is 13.7. The number of carbonyl (C=O) groups is 3. The Balaban J connectivity index is 1.44. The molecule has 0 aromatic heterocycles. The molecule has 15 heteroatoms. The molecule has 0 spiro atoms. The summed E-state index contributed by atoms with van der Waals surface area (Å²) in [4.78, 5) is 45.0. The van der Waals surface area contributed by atoms with Gasteiger partial charge in [0.05, 0.1) is 24.3 Å². The molecule has 5 fully saturated rings. The lowest BCUT2D eigenvalue weighted by atomic mass is 9.56. The van der Waals surface area contributed by atoms with Gasteiger partial charge in [-0.05, 0) is 98.5 Å². The number of rotatable bonds is 11. The van der Waals surface area contributed by atoms with Crippen LogP contribution in [0.25, 0.3) is 20.9 Å². The zero-order valence-corrected chi connectivity index (χ0v) is 28.1. The lowest BCUT2D eigenvalue weighted by Gasteiger charge is -2.59. The normalized spacial score (nSPS) is 34.0. The van der Waals surface area contributed by atoms with E-state index in [2.05, 4.69) is 20.1 Å². The van der Waals surface area contributed by atoms with E-state index in [-0.39, 0.29) is 22.3 Å². The maximum Gasteiger partial charge on any atom is 0.349 e. The molecular weight excluding hydrogens is 650 g/mol. The second-order valence-corrected chi connectivity index (χ2v) is 15.4. The first-order valence-electron chi connectivity index (χ1n) is 16.4. The number of ether oxygens (including phenoxy) is 4. The summed E-state index contributed by atoms with van der Waals surface area (Å²) < 4.78 is 23.6. The first-order valence-corrected chi connectivity index (χ1v) is 17.2. The summed E-state index contributed by atoms with van der Waals surface area (Å²) in [6.07, 6.45) is 1.45. The van der Waals surface area contributed by atoms with Gasteiger partial charge in [-0.2, -0.15) is 0 Å². The molecule has 0 amide bonds.